The lowest BCUT2D eigenvalue weighted by Gasteiger charge is -2.10. The lowest BCUT2D eigenvalue weighted by atomic mass is 10.2. The lowest BCUT2D eigenvalue weighted by molar-refractivity contribution is 0.355. The minimum absolute atomic E-state index is 0.399. The zero-order valence-electron chi connectivity index (χ0n) is 12.9. The van der Waals surface area contributed by atoms with Gasteiger partial charge in [0.1, 0.15) is 5.82 Å². The van der Waals surface area contributed by atoms with Crippen LogP contribution in [0.2, 0.25) is 0 Å². The Morgan fingerprint density at radius 2 is 1.78 bits per heavy atom. The summed E-state index contributed by atoms with van der Waals surface area (Å²) in [6.07, 6.45) is 0. The van der Waals surface area contributed by atoms with Crippen LogP contribution in [0.4, 0.5) is 0 Å². The maximum Gasteiger partial charge on any atom is 0.163 e. The van der Waals surface area contributed by atoms with Gasteiger partial charge in [-0.2, -0.15) is 0 Å². The van der Waals surface area contributed by atoms with Crippen LogP contribution in [-0.4, -0.2) is 28.8 Å². The summed E-state index contributed by atoms with van der Waals surface area (Å²) < 4.78 is 12.7. The molecule has 3 aromatic rings. The number of thiocarbonyl (C=S) groups is 1. The first-order valence-corrected chi connectivity index (χ1v) is 7.51. The Morgan fingerprint density at radius 1 is 1.13 bits per heavy atom. The summed E-state index contributed by atoms with van der Waals surface area (Å²) in [4.78, 5) is 5.13. The van der Waals surface area contributed by atoms with Crippen molar-refractivity contribution in [2.45, 2.75) is 6.54 Å². The molecule has 3 rings (SSSR count). The molecule has 1 aromatic heterocycles. The van der Waals surface area contributed by atoms with E-state index in [1.54, 1.807) is 14.2 Å². The van der Waals surface area contributed by atoms with Gasteiger partial charge in [0.05, 0.1) is 36.8 Å². The summed E-state index contributed by atoms with van der Waals surface area (Å²) in [5, 5.41) is 0. The molecule has 0 spiro atoms. The van der Waals surface area contributed by atoms with Crippen LogP contribution in [0.25, 0.3) is 22.4 Å². The highest BCUT2D eigenvalue weighted by Crippen LogP contribution is 2.34. The quantitative estimate of drug-likeness (QED) is 0.730. The molecule has 0 saturated heterocycles. The Kier molecular flexibility index (Phi) is 4.16. The van der Waals surface area contributed by atoms with Crippen molar-refractivity contribution in [1.29, 1.82) is 0 Å². The average Bonchev–Trinajstić information content (AvgIpc) is 2.91. The molecule has 5 nitrogen and oxygen atoms in total. The normalized spacial score (nSPS) is 10.7. The largest absolute Gasteiger partial charge is 0.493 e. The maximum absolute atomic E-state index is 5.78. The van der Waals surface area contributed by atoms with Crippen molar-refractivity contribution in [2.75, 3.05) is 14.2 Å². The van der Waals surface area contributed by atoms with Crippen molar-refractivity contribution in [3.8, 4) is 22.9 Å². The van der Waals surface area contributed by atoms with Crippen LogP contribution < -0.4 is 15.2 Å². The molecule has 0 fully saturated rings. The third kappa shape index (κ3) is 2.85. The molecular weight excluding hydrogens is 310 g/mol. The topological polar surface area (TPSA) is 62.3 Å². The number of aromatic nitrogens is 2. The van der Waals surface area contributed by atoms with Crippen molar-refractivity contribution in [1.82, 2.24) is 9.55 Å². The van der Waals surface area contributed by atoms with Crippen LogP contribution in [0.5, 0.6) is 11.5 Å². The van der Waals surface area contributed by atoms with Gasteiger partial charge in [-0.05, 0) is 0 Å². The Balaban J connectivity index is 2.29. The molecule has 6 heteroatoms. The summed E-state index contributed by atoms with van der Waals surface area (Å²) in [5.74, 6) is 2.09. The standard InChI is InChI=1S/C17H17N3O2S/c1-21-14-8-12-13(9-15(14)22-2)20(10-16(18)23)17(19-12)11-6-4-3-5-7-11/h3-9H,10H2,1-2H3,(H2,18,23). The summed E-state index contributed by atoms with van der Waals surface area (Å²) in [7, 11) is 3.21. The van der Waals surface area contributed by atoms with Gasteiger partial charge in [0.2, 0.25) is 0 Å². The molecule has 0 aliphatic heterocycles. The van der Waals surface area contributed by atoms with Gasteiger partial charge in [-0.15, -0.1) is 0 Å². The monoisotopic (exact) mass is 327 g/mol. The Morgan fingerprint density at radius 3 is 2.39 bits per heavy atom. The summed E-state index contributed by atoms with van der Waals surface area (Å²) in [5.41, 5.74) is 8.47. The number of imidazole rings is 1. The van der Waals surface area contributed by atoms with Crippen LogP contribution in [0.1, 0.15) is 0 Å². The van der Waals surface area contributed by atoms with Gasteiger partial charge < -0.3 is 19.8 Å². The van der Waals surface area contributed by atoms with E-state index in [1.807, 2.05) is 47.0 Å². The fraction of sp³-hybridized carbons (Fsp3) is 0.176. The van der Waals surface area contributed by atoms with Crippen LogP contribution in [0.15, 0.2) is 42.5 Å². The first-order valence-electron chi connectivity index (χ1n) is 7.10. The minimum atomic E-state index is 0.399. The van der Waals surface area contributed by atoms with Crippen molar-refractivity contribution in [3.63, 3.8) is 0 Å². The van der Waals surface area contributed by atoms with Crippen molar-refractivity contribution >= 4 is 28.2 Å². The molecule has 0 radical (unpaired) electrons. The number of methoxy groups -OCH3 is 2. The average molecular weight is 327 g/mol. The van der Waals surface area contributed by atoms with Crippen molar-refractivity contribution in [2.24, 2.45) is 5.73 Å². The molecule has 0 amide bonds. The lowest BCUT2D eigenvalue weighted by Crippen LogP contribution is -2.17. The molecule has 0 saturated carbocycles. The van der Waals surface area contributed by atoms with Crippen LogP contribution >= 0.6 is 12.2 Å². The zero-order chi connectivity index (χ0) is 16.4. The summed E-state index contributed by atoms with van der Waals surface area (Å²) >= 11 is 5.10. The molecule has 0 aliphatic carbocycles. The van der Waals surface area contributed by atoms with E-state index in [0.29, 0.717) is 23.0 Å². The third-order valence-corrected chi connectivity index (χ3v) is 3.73. The van der Waals surface area contributed by atoms with Crippen molar-refractivity contribution < 1.29 is 9.47 Å². The molecule has 0 atom stereocenters. The van der Waals surface area contributed by atoms with E-state index in [4.69, 9.17) is 32.4 Å². The predicted octanol–water partition coefficient (Wildman–Crippen LogP) is 3.01. The first-order chi connectivity index (χ1) is 11.1. The molecule has 0 aliphatic rings. The highest BCUT2D eigenvalue weighted by molar-refractivity contribution is 7.80. The molecule has 23 heavy (non-hydrogen) atoms. The van der Waals surface area contributed by atoms with E-state index in [-0.39, 0.29) is 0 Å². The van der Waals surface area contributed by atoms with Gasteiger partial charge in [0.15, 0.2) is 11.5 Å². The SMILES string of the molecule is COc1cc2nc(-c3ccccc3)n(CC(N)=S)c2cc1OC. The van der Waals surface area contributed by atoms with E-state index in [1.165, 1.54) is 0 Å². The van der Waals surface area contributed by atoms with E-state index >= 15 is 0 Å². The number of rotatable bonds is 5. The van der Waals surface area contributed by atoms with Crippen molar-refractivity contribution in [3.05, 3.63) is 42.5 Å². The highest BCUT2D eigenvalue weighted by Gasteiger charge is 2.16. The van der Waals surface area contributed by atoms with Crippen LogP contribution in [0.3, 0.4) is 0 Å². The molecule has 118 valence electrons. The first kappa shape index (κ1) is 15.3. The number of nitrogens with zero attached hydrogens (tertiary/aromatic N) is 2. The second-order valence-corrected chi connectivity index (χ2v) is 5.57. The fourth-order valence-corrected chi connectivity index (χ4v) is 2.70. The number of hydrogen-bond donors (Lipinski definition) is 1. The zero-order valence-corrected chi connectivity index (χ0v) is 13.8. The summed E-state index contributed by atoms with van der Waals surface area (Å²) in [6.45, 7) is 0.408. The van der Waals surface area contributed by atoms with Gasteiger partial charge in [-0.25, -0.2) is 4.98 Å². The van der Waals surface area contributed by atoms with E-state index in [2.05, 4.69) is 0 Å². The second kappa shape index (κ2) is 6.26. The smallest absolute Gasteiger partial charge is 0.163 e. The Labute approximate surface area is 139 Å². The Bertz CT molecular complexity index is 859. The number of ether oxygens (including phenoxy) is 2. The van der Waals surface area contributed by atoms with Gasteiger partial charge in [0, 0.05) is 17.7 Å². The van der Waals surface area contributed by atoms with Gasteiger partial charge in [-0.3, -0.25) is 0 Å². The molecule has 2 N–H and O–H groups in total. The molecule has 0 bridgehead atoms. The molecule has 2 aromatic carbocycles. The van der Waals surface area contributed by atoms with E-state index in [0.717, 1.165) is 22.4 Å². The van der Waals surface area contributed by atoms with Gasteiger partial charge in [0.25, 0.3) is 0 Å². The van der Waals surface area contributed by atoms with Crippen LogP contribution in [0, 0.1) is 0 Å². The maximum atomic E-state index is 5.78. The van der Waals surface area contributed by atoms with Gasteiger partial charge >= 0.3 is 0 Å². The highest BCUT2D eigenvalue weighted by atomic mass is 32.1. The second-order valence-electron chi connectivity index (χ2n) is 5.05. The third-order valence-electron chi connectivity index (χ3n) is 3.60. The summed E-state index contributed by atoms with van der Waals surface area (Å²) in [6, 6.07) is 13.7. The minimum Gasteiger partial charge on any atom is -0.493 e. The van der Waals surface area contributed by atoms with E-state index < -0.39 is 0 Å². The number of fused-ring (bicyclic) bond motifs is 1. The predicted molar refractivity (Wildman–Crippen MR) is 95.1 cm³/mol. The number of benzene rings is 2. The fourth-order valence-electron chi connectivity index (χ4n) is 2.58. The molecule has 0 unspecified atom stereocenters. The molecule has 1 heterocycles. The van der Waals surface area contributed by atoms with E-state index in [9.17, 15) is 0 Å². The van der Waals surface area contributed by atoms with Crippen LogP contribution in [-0.2, 0) is 6.54 Å². The van der Waals surface area contributed by atoms with Gasteiger partial charge in [-0.1, -0.05) is 42.5 Å². The Hall–Kier alpha value is -2.60. The number of nitrogens with two attached hydrogens (primary N) is 1. The molecular formula is C17H17N3O2S. The number of hydrogen-bond acceptors (Lipinski definition) is 4.